The first kappa shape index (κ1) is 14.3. The van der Waals surface area contributed by atoms with E-state index in [0.29, 0.717) is 0 Å². The minimum absolute atomic E-state index is 0.115. The topological polar surface area (TPSA) is 0 Å². The third-order valence-electron chi connectivity index (χ3n) is 3.29. The summed E-state index contributed by atoms with van der Waals surface area (Å²) < 4.78 is 13.9. The van der Waals surface area contributed by atoms with Gasteiger partial charge in [0.2, 0.25) is 0 Å². The van der Waals surface area contributed by atoms with E-state index < -0.39 is 0 Å². The Morgan fingerprint density at radius 2 is 1.68 bits per heavy atom. The van der Waals surface area contributed by atoms with Crippen molar-refractivity contribution in [2.45, 2.75) is 26.2 Å². The van der Waals surface area contributed by atoms with Gasteiger partial charge in [-0.3, -0.25) is 0 Å². The summed E-state index contributed by atoms with van der Waals surface area (Å²) in [6.45, 7) is 4.20. The number of aryl methyl sites for hydroxylation is 2. The van der Waals surface area contributed by atoms with Gasteiger partial charge >= 0.3 is 0 Å². The molecule has 0 saturated heterocycles. The van der Waals surface area contributed by atoms with Crippen molar-refractivity contribution in [1.82, 2.24) is 0 Å². The van der Waals surface area contributed by atoms with Crippen LogP contribution in [0.15, 0.2) is 42.5 Å². The van der Waals surface area contributed by atoms with E-state index in [1.165, 1.54) is 22.8 Å². The average Bonchev–Trinajstić information content (AvgIpc) is 2.36. The van der Waals surface area contributed by atoms with Crippen LogP contribution in [0.25, 0.3) is 0 Å². The normalized spacial score (nSPS) is 12.4. The average molecular weight is 321 g/mol. The second-order valence-electron chi connectivity index (χ2n) is 5.07. The highest BCUT2D eigenvalue weighted by molar-refractivity contribution is 9.09. The first-order valence-electron chi connectivity index (χ1n) is 6.47. The molecule has 0 aliphatic rings. The van der Waals surface area contributed by atoms with Crippen molar-refractivity contribution in [3.8, 4) is 0 Å². The number of hydrogen-bond acceptors (Lipinski definition) is 0. The van der Waals surface area contributed by atoms with Crippen molar-refractivity contribution in [3.05, 3.63) is 70.5 Å². The Hall–Kier alpha value is -1.15. The molecule has 0 nitrogen and oxygen atoms in total. The molecule has 0 saturated carbocycles. The maximum Gasteiger partial charge on any atom is 0.126 e. The fourth-order valence-corrected chi connectivity index (χ4v) is 3.10. The molecule has 2 heteroatoms. The van der Waals surface area contributed by atoms with Crippen molar-refractivity contribution >= 4 is 15.9 Å². The van der Waals surface area contributed by atoms with Gasteiger partial charge in [-0.2, -0.15) is 0 Å². The third-order valence-corrected chi connectivity index (χ3v) is 4.08. The molecule has 0 amide bonds. The molecule has 0 aliphatic carbocycles. The Kier molecular flexibility index (Phi) is 4.76. The van der Waals surface area contributed by atoms with Gasteiger partial charge in [0.05, 0.1) is 0 Å². The predicted molar refractivity (Wildman–Crippen MR) is 82.6 cm³/mol. The van der Waals surface area contributed by atoms with E-state index in [-0.39, 0.29) is 11.7 Å². The maximum atomic E-state index is 13.9. The number of rotatable bonds is 4. The quantitative estimate of drug-likeness (QED) is 0.682. The monoisotopic (exact) mass is 320 g/mol. The van der Waals surface area contributed by atoms with Crippen molar-refractivity contribution in [2.24, 2.45) is 0 Å². The summed E-state index contributed by atoms with van der Waals surface area (Å²) in [5, 5.41) is 0.765. The highest BCUT2D eigenvalue weighted by Gasteiger charge is 2.15. The Morgan fingerprint density at radius 3 is 2.26 bits per heavy atom. The molecule has 2 rings (SSSR count). The van der Waals surface area contributed by atoms with E-state index in [1.54, 1.807) is 6.07 Å². The first-order valence-corrected chi connectivity index (χ1v) is 7.60. The van der Waals surface area contributed by atoms with Gasteiger partial charge in [-0.1, -0.05) is 63.5 Å². The van der Waals surface area contributed by atoms with Crippen LogP contribution >= 0.6 is 15.9 Å². The van der Waals surface area contributed by atoms with Gasteiger partial charge in [-0.05, 0) is 37.5 Å². The molecule has 100 valence electrons. The molecule has 0 N–H and O–H groups in total. The largest absolute Gasteiger partial charge is 0.207 e. The van der Waals surface area contributed by atoms with Crippen molar-refractivity contribution in [2.75, 3.05) is 5.33 Å². The zero-order valence-corrected chi connectivity index (χ0v) is 12.9. The molecule has 0 spiro atoms. The number of alkyl halides is 1. The lowest BCUT2D eigenvalue weighted by molar-refractivity contribution is 0.590. The van der Waals surface area contributed by atoms with Crippen LogP contribution in [0.5, 0.6) is 0 Å². The van der Waals surface area contributed by atoms with E-state index in [0.717, 1.165) is 17.3 Å². The van der Waals surface area contributed by atoms with Crippen LogP contribution in [0.1, 0.15) is 28.2 Å². The number of benzene rings is 2. The molecule has 1 unspecified atom stereocenters. The van der Waals surface area contributed by atoms with E-state index in [4.69, 9.17) is 0 Å². The first-order chi connectivity index (χ1) is 9.10. The lowest BCUT2D eigenvalue weighted by Gasteiger charge is -2.16. The van der Waals surface area contributed by atoms with Crippen LogP contribution in [-0.2, 0) is 6.42 Å². The summed E-state index contributed by atoms with van der Waals surface area (Å²) in [6.07, 6.45) is 0.856. The Morgan fingerprint density at radius 1 is 1.05 bits per heavy atom. The molecule has 0 bridgehead atoms. The van der Waals surface area contributed by atoms with Gasteiger partial charge in [0.1, 0.15) is 5.82 Å². The molecule has 1 atom stereocenters. The van der Waals surface area contributed by atoms with E-state index in [2.05, 4.69) is 48.0 Å². The van der Waals surface area contributed by atoms with Crippen LogP contribution in [0.2, 0.25) is 0 Å². The molecule has 19 heavy (non-hydrogen) atoms. The maximum absolute atomic E-state index is 13.9. The fourth-order valence-electron chi connectivity index (χ4n) is 2.53. The highest BCUT2D eigenvalue weighted by Crippen LogP contribution is 2.26. The Balaban J connectivity index is 2.26. The van der Waals surface area contributed by atoms with E-state index in [1.807, 2.05) is 12.1 Å². The summed E-state index contributed by atoms with van der Waals surface area (Å²) in [5.41, 5.74) is 4.58. The summed E-state index contributed by atoms with van der Waals surface area (Å²) in [4.78, 5) is 0. The molecule has 0 radical (unpaired) electrons. The second kappa shape index (κ2) is 6.33. The molecular weight excluding hydrogens is 303 g/mol. The predicted octanol–water partition coefficient (Wildman–Crippen LogP) is 5.16. The zero-order valence-electron chi connectivity index (χ0n) is 11.3. The highest BCUT2D eigenvalue weighted by atomic mass is 79.9. The van der Waals surface area contributed by atoms with Crippen LogP contribution in [0.3, 0.4) is 0 Å². The lowest BCUT2D eigenvalue weighted by Crippen LogP contribution is -2.07. The Bertz CT molecular complexity index is 543. The SMILES string of the molecule is Cc1cc(C)cc(CC(CBr)c2ccccc2F)c1. The van der Waals surface area contributed by atoms with Crippen molar-refractivity contribution in [3.63, 3.8) is 0 Å². The Labute approximate surface area is 122 Å². The summed E-state index contributed by atoms with van der Waals surface area (Å²) >= 11 is 3.51. The second-order valence-corrected chi connectivity index (χ2v) is 5.72. The molecule has 2 aromatic carbocycles. The smallest absolute Gasteiger partial charge is 0.126 e. The van der Waals surface area contributed by atoms with Gasteiger partial charge in [0, 0.05) is 11.2 Å². The third kappa shape index (κ3) is 3.66. The van der Waals surface area contributed by atoms with Crippen LogP contribution in [-0.4, -0.2) is 5.33 Å². The summed E-state index contributed by atoms with van der Waals surface area (Å²) in [6, 6.07) is 13.6. The van der Waals surface area contributed by atoms with E-state index in [9.17, 15) is 4.39 Å². The van der Waals surface area contributed by atoms with Crippen LogP contribution in [0.4, 0.5) is 4.39 Å². The van der Waals surface area contributed by atoms with Crippen molar-refractivity contribution < 1.29 is 4.39 Å². The minimum atomic E-state index is -0.115. The number of hydrogen-bond donors (Lipinski definition) is 0. The summed E-state index contributed by atoms with van der Waals surface area (Å²) in [7, 11) is 0. The van der Waals surface area contributed by atoms with Gasteiger partial charge in [-0.25, -0.2) is 4.39 Å². The number of halogens is 2. The zero-order chi connectivity index (χ0) is 13.8. The molecule has 0 fully saturated rings. The van der Waals surface area contributed by atoms with Crippen LogP contribution < -0.4 is 0 Å². The molecule has 0 aliphatic heterocycles. The van der Waals surface area contributed by atoms with Gasteiger partial charge in [0.25, 0.3) is 0 Å². The molecule has 0 aromatic heterocycles. The molecular formula is C17H18BrF. The summed E-state index contributed by atoms with van der Waals surface area (Å²) in [5.74, 6) is 0.0544. The van der Waals surface area contributed by atoms with Crippen LogP contribution in [0, 0.1) is 19.7 Å². The molecule has 2 aromatic rings. The molecule has 0 heterocycles. The van der Waals surface area contributed by atoms with Gasteiger partial charge in [0.15, 0.2) is 0 Å². The fraction of sp³-hybridized carbons (Fsp3) is 0.294. The van der Waals surface area contributed by atoms with Gasteiger partial charge < -0.3 is 0 Å². The van der Waals surface area contributed by atoms with Gasteiger partial charge in [-0.15, -0.1) is 0 Å². The van der Waals surface area contributed by atoms with E-state index >= 15 is 0 Å². The standard InChI is InChI=1S/C17H18BrF/c1-12-7-13(2)9-14(8-12)10-15(11-18)16-5-3-4-6-17(16)19/h3-9,15H,10-11H2,1-2H3. The van der Waals surface area contributed by atoms with Crippen molar-refractivity contribution in [1.29, 1.82) is 0 Å². The minimum Gasteiger partial charge on any atom is -0.207 e. The lowest BCUT2D eigenvalue weighted by atomic mass is 9.92.